The molecule has 19 heavy (non-hydrogen) atoms. The predicted octanol–water partition coefficient (Wildman–Crippen LogP) is 2.44. The van der Waals surface area contributed by atoms with Crippen LogP contribution in [0.5, 0.6) is 0 Å². The van der Waals surface area contributed by atoms with Crippen molar-refractivity contribution in [1.29, 1.82) is 0 Å². The average Bonchev–Trinajstić information content (AvgIpc) is 2.45. The number of pyridine rings is 2. The quantitative estimate of drug-likeness (QED) is 0.805. The molecule has 2 heterocycles. The van der Waals surface area contributed by atoms with Crippen molar-refractivity contribution in [2.75, 3.05) is 13.6 Å². The molecule has 0 fully saturated rings. The van der Waals surface area contributed by atoms with Crippen LogP contribution in [0.1, 0.15) is 15.9 Å². The molecule has 98 valence electrons. The lowest BCUT2D eigenvalue weighted by Crippen LogP contribution is -2.29. The summed E-state index contributed by atoms with van der Waals surface area (Å²) >= 11 is 5.91. The molecular formula is C14H14ClN3O. The van der Waals surface area contributed by atoms with E-state index in [0.717, 1.165) is 12.0 Å². The maximum absolute atomic E-state index is 12.2. The second-order valence-corrected chi connectivity index (χ2v) is 4.53. The second-order valence-electron chi connectivity index (χ2n) is 4.17. The van der Waals surface area contributed by atoms with Gasteiger partial charge < -0.3 is 4.90 Å². The van der Waals surface area contributed by atoms with Crippen molar-refractivity contribution >= 4 is 17.5 Å². The van der Waals surface area contributed by atoms with Crippen LogP contribution in [-0.2, 0) is 6.42 Å². The summed E-state index contributed by atoms with van der Waals surface area (Å²) < 4.78 is 0. The Hall–Kier alpha value is -1.94. The van der Waals surface area contributed by atoms with Gasteiger partial charge in [0.1, 0.15) is 5.15 Å². The summed E-state index contributed by atoms with van der Waals surface area (Å²) in [4.78, 5) is 21.7. The number of hydrogen-bond donors (Lipinski definition) is 0. The lowest BCUT2D eigenvalue weighted by atomic mass is 10.2. The third-order valence-electron chi connectivity index (χ3n) is 2.82. The molecule has 2 aromatic rings. The molecule has 2 aromatic heterocycles. The van der Waals surface area contributed by atoms with E-state index in [9.17, 15) is 4.79 Å². The van der Waals surface area contributed by atoms with Crippen molar-refractivity contribution in [2.24, 2.45) is 0 Å². The Morgan fingerprint density at radius 2 is 2.00 bits per heavy atom. The molecule has 0 aliphatic heterocycles. The minimum absolute atomic E-state index is 0.118. The topological polar surface area (TPSA) is 46.1 Å². The highest BCUT2D eigenvalue weighted by molar-refractivity contribution is 6.32. The van der Waals surface area contributed by atoms with E-state index in [1.165, 1.54) is 0 Å². The number of nitrogens with zero attached hydrogens (tertiary/aromatic N) is 3. The average molecular weight is 276 g/mol. The van der Waals surface area contributed by atoms with Crippen LogP contribution < -0.4 is 0 Å². The molecule has 0 unspecified atom stereocenters. The van der Waals surface area contributed by atoms with E-state index in [0.29, 0.717) is 12.1 Å². The minimum Gasteiger partial charge on any atom is -0.341 e. The van der Waals surface area contributed by atoms with Crippen LogP contribution in [0.25, 0.3) is 0 Å². The summed E-state index contributed by atoms with van der Waals surface area (Å²) in [5.74, 6) is -0.118. The Labute approximate surface area is 117 Å². The van der Waals surface area contributed by atoms with Crippen molar-refractivity contribution in [1.82, 2.24) is 14.9 Å². The molecule has 0 bridgehead atoms. The number of carbonyl (C=O) groups excluding carboxylic acids is 1. The zero-order chi connectivity index (χ0) is 13.7. The lowest BCUT2D eigenvalue weighted by Gasteiger charge is -2.17. The zero-order valence-corrected chi connectivity index (χ0v) is 11.3. The molecular weight excluding hydrogens is 262 g/mol. The molecule has 0 aromatic carbocycles. The molecule has 0 aliphatic rings. The van der Waals surface area contributed by atoms with Gasteiger partial charge in [-0.3, -0.25) is 9.78 Å². The van der Waals surface area contributed by atoms with E-state index in [1.54, 1.807) is 42.7 Å². The first-order chi connectivity index (χ1) is 9.18. The van der Waals surface area contributed by atoms with Crippen LogP contribution in [-0.4, -0.2) is 34.4 Å². The fourth-order valence-corrected chi connectivity index (χ4v) is 1.90. The third kappa shape index (κ3) is 3.51. The lowest BCUT2D eigenvalue weighted by molar-refractivity contribution is 0.0796. The number of halogens is 1. The van der Waals surface area contributed by atoms with E-state index in [4.69, 9.17) is 11.6 Å². The Bertz CT molecular complexity index is 560. The van der Waals surface area contributed by atoms with E-state index in [2.05, 4.69) is 9.97 Å². The summed E-state index contributed by atoms with van der Waals surface area (Å²) in [5, 5.41) is 0.239. The Kier molecular flexibility index (Phi) is 4.47. The fraction of sp³-hybridized carbons (Fsp3) is 0.214. The van der Waals surface area contributed by atoms with Crippen molar-refractivity contribution < 1.29 is 4.79 Å². The van der Waals surface area contributed by atoms with Crippen LogP contribution in [0.15, 0.2) is 42.9 Å². The molecule has 0 atom stereocenters. The van der Waals surface area contributed by atoms with Crippen LogP contribution in [0.3, 0.4) is 0 Å². The number of likely N-dealkylation sites (N-methyl/N-ethyl adjacent to an activating group) is 1. The van der Waals surface area contributed by atoms with Gasteiger partial charge in [-0.05, 0) is 36.2 Å². The normalized spacial score (nSPS) is 10.2. The molecule has 0 spiro atoms. The standard InChI is InChI=1S/C14H14ClN3O/c1-18(10-6-11-4-8-16-9-5-11)14(19)12-3-2-7-17-13(12)15/h2-5,7-9H,6,10H2,1H3. The van der Waals surface area contributed by atoms with E-state index in [1.807, 2.05) is 12.1 Å². The third-order valence-corrected chi connectivity index (χ3v) is 3.12. The molecule has 0 radical (unpaired) electrons. The maximum atomic E-state index is 12.2. The first-order valence-electron chi connectivity index (χ1n) is 5.93. The van der Waals surface area contributed by atoms with Crippen molar-refractivity contribution in [2.45, 2.75) is 6.42 Å². The van der Waals surface area contributed by atoms with Gasteiger partial charge in [-0.2, -0.15) is 0 Å². The highest BCUT2D eigenvalue weighted by Crippen LogP contribution is 2.13. The Balaban J connectivity index is 1.99. The monoisotopic (exact) mass is 275 g/mol. The van der Waals surface area contributed by atoms with Gasteiger partial charge in [0.15, 0.2) is 0 Å². The SMILES string of the molecule is CN(CCc1ccncc1)C(=O)c1cccnc1Cl. The van der Waals surface area contributed by atoms with Crippen molar-refractivity contribution in [3.05, 3.63) is 59.1 Å². The minimum atomic E-state index is -0.118. The van der Waals surface area contributed by atoms with Crippen molar-refractivity contribution in [3.63, 3.8) is 0 Å². The van der Waals surface area contributed by atoms with Crippen molar-refractivity contribution in [3.8, 4) is 0 Å². The van der Waals surface area contributed by atoms with Gasteiger partial charge in [0.25, 0.3) is 5.91 Å². The number of aromatic nitrogens is 2. The maximum Gasteiger partial charge on any atom is 0.256 e. The smallest absolute Gasteiger partial charge is 0.256 e. The summed E-state index contributed by atoms with van der Waals surface area (Å²) in [6.45, 7) is 0.619. The predicted molar refractivity (Wildman–Crippen MR) is 74.1 cm³/mol. The summed E-state index contributed by atoms with van der Waals surface area (Å²) in [7, 11) is 1.76. The summed E-state index contributed by atoms with van der Waals surface area (Å²) in [6, 6.07) is 7.27. The second kappa shape index (κ2) is 6.29. The van der Waals surface area contributed by atoms with Gasteiger partial charge in [-0.1, -0.05) is 11.6 Å². The van der Waals surface area contributed by atoms with E-state index < -0.39 is 0 Å². The molecule has 0 saturated carbocycles. The van der Waals surface area contributed by atoms with Crippen LogP contribution >= 0.6 is 11.6 Å². The number of amides is 1. The van der Waals surface area contributed by atoms with E-state index >= 15 is 0 Å². The van der Waals surface area contributed by atoms with Crippen LogP contribution in [0.4, 0.5) is 0 Å². The summed E-state index contributed by atoms with van der Waals surface area (Å²) in [6.07, 6.45) is 5.84. The Morgan fingerprint density at radius 3 is 2.68 bits per heavy atom. The Morgan fingerprint density at radius 1 is 1.26 bits per heavy atom. The van der Waals surface area contributed by atoms with Gasteiger partial charge in [-0.15, -0.1) is 0 Å². The largest absolute Gasteiger partial charge is 0.341 e. The first-order valence-corrected chi connectivity index (χ1v) is 6.31. The molecule has 0 N–H and O–H groups in total. The van der Waals surface area contributed by atoms with Gasteiger partial charge >= 0.3 is 0 Å². The van der Waals surface area contributed by atoms with Gasteiger partial charge in [0.05, 0.1) is 5.56 Å². The molecule has 1 amide bonds. The molecule has 5 heteroatoms. The zero-order valence-electron chi connectivity index (χ0n) is 10.6. The highest BCUT2D eigenvalue weighted by atomic mass is 35.5. The number of carbonyl (C=O) groups is 1. The van der Waals surface area contributed by atoms with Gasteiger partial charge in [-0.25, -0.2) is 4.98 Å². The number of hydrogen-bond acceptors (Lipinski definition) is 3. The first kappa shape index (κ1) is 13.5. The van der Waals surface area contributed by atoms with E-state index in [-0.39, 0.29) is 11.1 Å². The van der Waals surface area contributed by atoms with Gasteiger partial charge in [0, 0.05) is 32.2 Å². The molecule has 0 saturated heterocycles. The summed E-state index contributed by atoms with van der Waals surface area (Å²) in [5.41, 5.74) is 1.58. The van der Waals surface area contributed by atoms with Crippen LogP contribution in [0, 0.1) is 0 Å². The number of rotatable bonds is 4. The molecule has 2 rings (SSSR count). The highest BCUT2D eigenvalue weighted by Gasteiger charge is 2.15. The molecule has 4 nitrogen and oxygen atoms in total. The molecule has 0 aliphatic carbocycles. The van der Waals surface area contributed by atoms with Crippen LogP contribution in [0.2, 0.25) is 5.15 Å². The fourth-order valence-electron chi connectivity index (χ4n) is 1.70. The van der Waals surface area contributed by atoms with Gasteiger partial charge in [0.2, 0.25) is 0 Å².